The van der Waals surface area contributed by atoms with Crippen molar-refractivity contribution in [3.05, 3.63) is 54.6 Å². The summed E-state index contributed by atoms with van der Waals surface area (Å²) in [4.78, 5) is 4.30. The molecule has 11 heteroatoms. The van der Waals surface area contributed by atoms with Gasteiger partial charge in [-0.05, 0) is 29.8 Å². The largest absolute Gasteiger partial charge is 0.494 e. The van der Waals surface area contributed by atoms with Crippen molar-refractivity contribution in [2.75, 3.05) is 18.4 Å². The van der Waals surface area contributed by atoms with Crippen LogP contribution >= 0.6 is 0 Å². The number of sulfonamides is 1. The summed E-state index contributed by atoms with van der Waals surface area (Å²) in [6.45, 7) is 0.741. The Labute approximate surface area is 178 Å². The van der Waals surface area contributed by atoms with Gasteiger partial charge in [-0.25, -0.2) is 18.1 Å². The zero-order valence-electron chi connectivity index (χ0n) is 16.9. The molecule has 1 atom stereocenters. The van der Waals surface area contributed by atoms with E-state index < -0.39 is 10.0 Å². The molecule has 160 valence electrons. The molecule has 0 amide bonds. The lowest BCUT2D eigenvalue weighted by Crippen LogP contribution is -2.18. The zero-order valence-corrected chi connectivity index (χ0v) is 17.7. The minimum atomic E-state index is -3.95. The molecule has 4 heterocycles. The third kappa shape index (κ3) is 3.41. The van der Waals surface area contributed by atoms with E-state index in [2.05, 4.69) is 19.9 Å². The molecule has 1 unspecified atom stereocenters. The Bertz CT molecular complexity index is 1370. The molecule has 0 aliphatic carbocycles. The van der Waals surface area contributed by atoms with Crippen LogP contribution in [0.2, 0.25) is 0 Å². The van der Waals surface area contributed by atoms with Gasteiger partial charge in [-0.2, -0.15) is 10.2 Å². The van der Waals surface area contributed by atoms with Crippen LogP contribution in [-0.4, -0.2) is 46.7 Å². The van der Waals surface area contributed by atoms with Gasteiger partial charge >= 0.3 is 0 Å². The number of nitrogens with one attached hydrogen (secondary N) is 1. The predicted molar refractivity (Wildman–Crippen MR) is 113 cm³/mol. The van der Waals surface area contributed by atoms with Crippen molar-refractivity contribution in [2.45, 2.75) is 17.4 Å². The van der Waals surface area contributed by atoms with Crippen LogP contribution in [0, 0.1) is 0 Å². The fourth-order valence-electron chi connectivity index (χ4n) is 3.54. The molecule has 1 aromatic carbocycles. The summed E-state index contributed by atoms with van der Waals surface area (Å²) in [7, 11) is -0.724. The summed E-state index contributed by atoms with van der Waals surface area (Å²) in [6, 6.07) is 7.25. The van der Waals surface area contributed by atoms with Crippen molar-refractivity contribution in [3.63, 3.8) is 0 Å². The molecule has 1 aliphatic heterocycles. The van der Waals surface area contributed by atoms with E-state index in [1.54, 1.807) is 30.2 Å². The lowest BCUT2D eigenvalue weighted by Gasteiger charge is -2.26. The number of aromatic nitrogens is 5. The first-order chi connectivity index (χ1) is 15.0. The van der Waals surface area contributed by atoms with E-state index in [0.29, 0.717) is 22.8 Å². The smallest absolute Gasteiger partial charge is 0.265 e. The van der Waals surface area contributed by atoms with Crippen LogP contribution in [0.25, 0.3) is 16.7 Å². The number of hydrogen-bond donors (Lipinski definition) is 1. The van der Waals surface area contributed by atoms with Crippen LogP contribution in [-0.2, 0) is 21.8 Å². The third-order valence-electron chi connectivity index (χ3n) is 5.27. The van der Waals surface area contributed by atoms with Gasteiger partial charge in [0.15, 0.2) is 5.82 Å². The fourth-order valence-corrected chi connectivity index (χ4v) is 4.55. The number of nitrogens with zero attached hydrogens (tertiary/aromatic N) is 5. The highest BCUT2D eigenvalue weighted by atomic mass is 32.2. The van der Waals surface area contributed by atoms with Crippen molar-refractivity contribution in [3.8, 4) is 11.6 Å². The Morgan fingerprint density at radius 3 is 2.81 bits per heavy atom. The second kappa shape index (κ2) is 7.36. The average molecular weight is 440 g/mol. The Morgan fingerprint density at radius 1 is 1.23 bits per heavy atom. The van der Waals surface area contributed by atoms with Crippen LogP contribution in [0.4, 0.5) is 5.69 Å². The average Bonchev–Trinajstić information content (AvgIpc) is 3.35. The Balaban J connectivity index is 1.49. The molecule has 1 N–H and O–H groups in total. The van der Waals surface area contributed by atoms with E-state index in [4.69, 9.17) is 9.47 Å². The molecule has 1 saturated heterocycles. The first-order valence-electron chi connectivity index (χ1n) is 9.60. The number of aryl methyl sites for hydroxylation is 1. The first-order valence-corrected chi connectivity index (χ1v) is 11.1. The first kappa shape index (κ1) is 19.5. The standard InChI is InChI=1S/C20H20N6O4S/c1-25-20-14(10-22-25)3-4-17(29-2)19(20)24-31(27,28)15-11-23-26(12-15)18-9-13(5-7-21-18)16-6-8-30-16/h3-5,7,9-12,16,24H,6,8H2,1-2H3. The van der Waals surface area contributed by atoms with Gasteiger partial charge in [-0.1, -0.05) is 0 Å². The number of benzene rings is 1. The fraction of sp³-hybridized carbons (Fsp3) is 0.250. The van der Waals surface area contributed by atoms with Crippen LogP contribution < -0.4 is 9.46 Å². The van der Waals surface area contributed by atoms with E-state index in [1.165, 1.54) is 24.2 Å². The molecule has 0 radical (unpaired) electrons. The lowest BCUT2D eigenvalue weighted by atomic mass is 10.0. The molecule has 0 saturated carbocycles. The molecule has 31 heavy (non-hydrogen) atoms. The molecule has 4 aromatic rings. The zero-order chi connectivity index (χ0) is 21.6. The van der Waals surface area contributed by atoms with Crippen LogP contribution in [0.15, 0.2) is 53.9 Å². The van der Waals surface area contributed by atoms with Crippen LogP contribution in [0.5, 0.6) is 5.75 Å². The Morgan fingerprint density at radius 2 is 2.06 bits per heavy atom. The monoisotopic (exact) mass is 440 g/mol. The minimum absolute atomic E-state index is 0.000761. The molecule has 0 bridgehead atoms. The number of rotatable bonds is 6. The van der Waals surface area contributed by atoms with E-state index in [1.807, 2.05) is 18.2 Å². The number of pyridine rings is 1. The number of methoxy groups -OCH3 is 1. The maximum absolute atomic E-state index is 13.1. The summed E-state index contributed by atoms with van der Waals surface area (Å²) in [6.07, 6.45) is 7.03. The quantitative estimate of drug-likeness (QED) is 0.490. The molecule has 10 nitrogen and oxygen atoms in total. The second-order valence-electron chi connectivity index (χ2n) is 7.17. The van der Waals surface area contributed by atoms with Gasteiger partial charge in [0.1, 0.15) is 16.3 Å². The highest BCUT2D eigenvalue weighted by molar-refractivity contribution is 7.92. The summed E-state index contributed by atoms with van der Waals surface area (Å²) in [5, 5.41) is 9.19. The van der Waals surface area contributed by atoms with Crippen molar-refractivity contribution < 1.29 is 17.9 Å². The number of hydrogen-bond acceptors (Lipinski definition) is 7. The predicted octanol–water partition coefficient (Wildman–Crippen LogP) is 2.42. The van der Waals surface area contributed by atoms with Gasteiger partial charge in [0.25, 0.3) is 10.0 Å². The molecule has 1 fully saturated rings. The van der Waals surface area contributed by atoms with Crippen LogP contribution in [0.3, 0.4) is 0 Å². The highest BCUT2D eigenvalue weighted by Gasteiger charge is 2.24. The maximum atomic E-state index is 13.1. The van der Waals surface area contributed by atoms with Crippen LogP contribution in [0.1, 0.15) is 18.1 Å². The van der Waals surface area contributed by atoms with E-state index >= 15 is 0 Å². The van der Waals surface area contributed by atoms with Crippen molar-refractivity contribution >= 4 is 26.6 Å². The van der Waals surface area contributed by atoms with Gasteiger partial charge in [0.2, 0.25) is 0 Å². The molecular weight excluding hydrogens is 420 g/mol. The second-order valence-corrected chi connectivity index (χ2v) is 8.85. The van der Waals surface area contributed by atoms with Gasteiger partial charge < -0.3 is 9.47 Å². The van der Waals surface area contributed by atoms with E-state index in [0.717, 1.165) is 24.0 Å². The molecule has 0 spiro atoms. The van der Waals surface area contributed by atoms with Gasteiger partial charge in [0, 0.05) is 25.1 Å². The normalized spacial score (nSPS) is 16.3. The van der Waals surface area contributed by atoms with Gasteiger partial charge in [-0.3, -0.25) is 9.40 Å². The molecule has 5 rings (SSSR count). The van der Waals surface area contributed by atoms with E-state index in [-0.39, 0.29) is 11.0 Å². The molecule has 3 aromatic heterocycles. The molecular formula is C20H20N6O4S. The highest BCUT2D eigenvalue weighted by Crippen LogP contribution is 2.34. The maximum Gasteiger partial charge on any atom is 0.265 e. The Kier molecular flexibility index (Phi) is 4.63. The number of ether oxygens (including phenoxy) is 2. The molecule has 1 aliphatic rings. The van der Waals surface area contributed by atoms with E-state index in [9.17, 15) is 8.42 Å². The van der Waals surface area contributed by atoms with Gasteiger partial charge in [0.05, 0.1) is 43.9 Å². The number of fused-ring (bicyclic) bond motifs is 1. The SMILES string of the molecule is COc1ccc2cnn(C)c2c1NS(=O)(=O)c1cnn(-c2cc(C3CCO3)ccn2)c1. The lowest BCUT2D eigenvalue weighted by molar-refractivity contribution is -0.0527. The Hall–Kier alpha value is -3.44. The number of anilines is 1. The van der Waals surface area contributed by atoms with Gasteiger partial charge in [-0.15, -0.1) is 0 Å². The summed E-state index contributed by atoms with van der Waals surface area (Å²) >= 11 is 0. The topological polar surface area (TPSA) is 113 Å². The summed E-state index contributed by atoms with van der Waals surface area (Å²) in [5.74, 6) is 0.905. The van der Waals surface area contributed by atoms with Crippen molar-refractivity contribution in [1.82, 2.24) is 24.5 Å². The third-order valence-corrected chi connectivity index (χ3v) is 6.57. The summed E-state index contributed by atoms with van der Waals surface area (Å²) in [5.41, 5.74) is 1.92. The summed E-state index contributed by atoms with van der Waals surface area (Å²) < 4.78 is 42.8. The minimum Gasteiger partial charge on any atom is -0.494 e. The van der Waals surface area contributed by atoms with Crippen molar-refractivity contribution in [2.24, 2.45) is 7.05 Å². The van der Waals surface area contributed by atoms with Crippen molar-refractivity contribution in [1.29, 1.82) is 0 Å².